The quantitative estimate of drug-likeness (QED) is 0.519. The molecule has 0 bridgehead atoms. The van der Waals surface area contributed by atoms with E-state index < -0.39 is 0 Å². The van der Waals surface area contributed by atoms with E-state index in [-0.39, 0.29) is 5.82 Å². The van der Waals surface area contributed by atoms with Crippen LogP contribution in [0.25, 0.3) is 17.0 Å². The van der Waals surface area contributed by atoms with Crippen LogP contribution in [0.15, 0.2) is 48.5 Å². The summed E-state index contributed by atoms with van der Waals surface area (Å²) >= 11 is 0. The zero-order valence-electron chi connectivity index (χ0n) is 9.10. The molecule has 0 aromatic heterocycles. The summed E-state index contributed by atoms with van der Waals surface area (Å²) in [5.74, 6) is -0.233. The maximum atomic E-state index is 12.7. The lowest BCUT2D eigenvalue weighted by molar-refractivity contribution is 0.628. The van der Waals surface area contributed by atoms with Crippen molar-refractivity contribution < 1.29 is 4.39 Å². The van der Waals surface area contributed by atoms with E-state index in [0.717, 1.165) is 11.1 Å². The summed E-state index contributed by atoms with van der Waals surface area (Å²) in [5, 5.41) is 0. The molecule has 2 rings (SSSR count). The van der Waals surface area contributed by atoms with Gasteiger partial charge in [0, 0.05) is 0 Å². The number of nitrogens with zero attached hydrogens (tertiary/aromatic N) is 1. The van der Waals surface area contributed by atoms with Crippen LogP contribution in [0.2, 0.25) is 0 Å². The van der Waals surface area contributed by atoms with Crippen molar-refractivity contribution in [3.63, 3.8) is 0 Å². The van der Waals surface area contributed by atoms with Crippen molar-refractivity contribution in [3.8, 4) is 0 Å². The van der Waals surface area contributed by atoms with Gasteiger partial charge in [-0.25, -0.2) is 9.24 Å². The molecule has 2 aromatic carbocycles. The molecule has 1 nitrogen and oxygen atoms in total. The Kier molecular flexibility index (Phi) is 3.32. The van der Waals surface area contributed by atoms with Crippen molar-refractivity contribution in [2.45, 2.75) is 0 Å². The average Bonchev–Trinajstić information content (AvgIpc) is 2.39. The highest BCUT2D eigenvalue weighted by molar-refractivity contribution is 5.70. The summed E-state index contributed by atoms with van der Waals surface area (Å²) in [6.07, 6.45) is 3.84. The number of hydrogen-bond acceptors (Lipinski definition) is 0. The molecule has 82 valence electrons. The second-order valence-electron chi connectivity index (χ2n) is 3.59. The van der Waals surface area contributed by atoms with E-state index in [1.165, 1.54) is 12.1 Å². The Balaban J connectivity index is 2.14. The fraction of sp³-hybridized carbons (Fsp3) is 0. The highest BCUT2D eigenvalue weighted by Crippen LogP contribution is 2.14. The molecule has 0 fully saturated rings. The van der Waals surface area contributed by atoms with Crippen LogP contribution in [0.1, 0.15) is 11.1 Å². The molecule has 0 aliphatic rings. The number of hydrogen-bond donors (Lipinski definition) is 0. The molecule has 0 spiro atoms. The maximum Gasteiger partial charge on any atom is 0.187 e. The minimum atomic E-state index is -0.233. The van der Waals surface area contributed by atoms with Crippen molar-refractivity contribution in [2.75, 3.05) is 0 Å². The number of rotatable bonds is 2. The molecular weight excluding hydrogens is 213 g/mol. The molecule has 0 amide bonds. The van der Waals surface area contributed by atoms with Gasteiger partial charge in [0.15, 0.2) is 5.69 Å². The molecule has 0 unspecified atom stereocenters. The maximum absolute atomic E-state index is 12.7. The van der Waals surface area contributed by atoms with E-state index in [4.69, 9.17) is 6.57 Å². The SMILES string of the molecule is [C-]#[N+]c1ccc(/C=C/c2ccc(F)cc2)cc1. The minimum absolute atomic E-state index is 0.233. The highest BCUT2D eigenvalue weighted by atomic mass is 19.1. The molecule has 0 saturated carbocycles. The molecule has 0 aliphatic heterocycles. The zero-order chi connectivity index (χ0) is 12.1. The van der Waals surface area contributed by atoms with Crippen LogP contribution in [-0.4, -0.2) is 0 Å². The van der Waals surface area contributed by atoms with Crippen molar-refractivity contribution in [2.24, 2.45) is 0 Å². The van der Waals surface area contributed by atoms with Gasteiger partial charge in [0.25, 0.3) is 0 Å². The lowest BCUT2D eigenvalue weighted by atomic mass is 10.1. The van der Waals surface area contributed by atoms with Gasteiger partial charge < -0.3 is 0 Å². The van der Waals surface area contributed by atoms with Crippen LogP contribution >= 0.6 is 0 Å². The van der Waals surface area contributed by atoms with E-state index in [1.54, 1.807) is 24.3 Å². The summed E-state index contributed by atoms with van der Waals surface area (Å²) in [6, 6.07) is 13.6. The van der Waals surface area contributed by atoms with Crippen molar-refractivity contribution in [3.05, 3.63) is 76.9 Å². The molecule has 17 heavy (non-hydrogen) atoms. The monoisotopic (exact) mass is 223 g/mol. The molecule has 2 heteroatoms. The molecule has 0 atom stereocenters. The van der Waals surface area contributed by atoms with E-state index in [1.807, 2.05) is 24.3 Å². The predicted octanol–water partition coefficient (Wildman–Crippen LogP) is 4.55. The topological polar surface area (TPSA) is 4.36 Å². The Morgan fingerprint density at radius 1 is 0.824 bits per heavy atom. The molecule has 0 radical (unpaired) electrons. The van der Waals surface area contributed by atoms with Crippen LogP contribution in [-0.2, 0) is 0 Å². The Labute approximate surface area is 99.7 Å². The van der Waals surface area contributed by atoms with Crippen LogP contribution in [0, 0.1) is 12.4 Å². The summed E-state index contributed by atoms with van der Waals surface area (Å²) < 4.78 is 12.7. The van der Waals surface area contributed by atoms with E-state index in [9.17, 15) is 4.39 Å². The third kappa shape index (κ3) is 3.02. The fourth-order valence-corrected chi connectivity index (χ4v) is 1.43. The minimum Gasteiger partial charge on any atom is -0.238 e. The Morgan fingerprint density at radius 3 is 1.76 bits per heavy atom. The van der Waals surface area contributed by atoms with Gasteiger partial charge in [0.05, 0.1) is 6.57 Å². The summed E-state index contributed by atoms with van der Waals surface area (Å²) in [7, 11) is 0. The van der Waals surface area contributed by atoms with Gasteiger partial charge in [0.2, 0.25) is 0 Å². The van der Waals surface area contributed by atoms with Gasteiger partial charge in [-0.05, 0) is 23.3 Å². The van der Waals surface area contributed by atoms with Crippen LogP contribution in [0.3, 0.4) is 0 Å². The third-order valence-corrected chi connectivity index (χ3v) is 2.36. The van der Waals surface area contributed by atoms with Crippen molar-refractivity contribution >= 4 is 17.8 Å². The molecule has 2 aromatic rings. The molecule has 0 saturated heterocycles. The predicted molar refractivity (Wildman–Crippen MR) is 68.0 cm³/mol. The third-order valence-electron chi connectivity index (χ3n) is 2.36. The normalized spacial score (nSPS) is 10.4. The van der Waals surface area contributed by atoms with Gasteiger partial charge in [0.1, 0.15) is 5.82 Å². The van der Waals surface area contributed by atoms with Crippen LogP contribution < -0.4 is 0 Å². The van der Waals surface area contributed by atoms with E-state index >= 15 is 0 Å². The van der Waals surface area contributed by atoms with Gasteiger partial charge in [-0.2, -0.15) is 0 Å². The lowest BCUT2D eigenvalue weighted by Crippen LogP contribution is -1.74. The number of halogens is 1. The highest BCUT2D eigenvalue weighted by Gasteiger charge is 1.91. The number of benzene rings is 2. The first kappa shape index (κ1) is 11.1. The largest absolute Gasteiger partial charge is 0.238 e. The van der Waals surface area contributed by atoms with Crippen LogP contribution in [0.4, 0.5) is 10.1 Å². The summed E-state index contributed by atoms with van der Waals surface area (Å²) in [4.78, 5) is 3.32. The first-order valence-electron chi connectivity index (χ1n) is 5.19. The van der Waals surface area contributed by atoms with E-state index in [0.29, 0.717) is 5.69 Å². The zero-order valence-corrected chi connectivity index (χ0v) is 9.10. The molecular formula is C15H10FN. The summed E-state index contributed by atoms with van der Waals surface area (Å²) in [5.41, 5.74) is 2.59. The second-order valence-corrected chi connectivity index (χ2v) is 3.59. The van der Waals surface area contributed by atoms with Gasteiger partial charge in [-0.15, -0.1) is 0 Å². The van der Waals surface area contributed by atoms with E-state index in [2.05, 4.69) is 4.85 Å². The Hall–Kier alpha value is -2.40. The van der Waals surface area contributed by atoms with Gasteiger partial charge in [-0.1, -0.05) is 48.6 Å². The van der Waals surface area contributed by atoms with Crippen LogP contribution in [0.5, 0.6) is 0 Å². The molecule has 0 aliphatic carbocycles. The van der Waals surface area contributed by atoms with Crippen molar-refractivity contribution in [1.82, 2.24) is 0 Å². The van der Waals surface area contributed by atoms with Gasteiger partial charge in [-0.3, -0.25) is 0 Å². The Morgan fingerprint density at radius 2 is 1.29 bits per heavy atom. The standard InChI is InChI=1S/C15H10FN/c1-17-15-10-6-13(7-11-15)3-2-12-4-8-14(16)9-5-12/h2-11H/b3-2+. The smallest absolute Gasteiger partial charge is 0.187 e. The average molecular weight is 223 g/mol. The molecule has 0 N–H and O–H groups in total. The van der Waals surface area contributed by atoms with Gasteiger partial charge >= 0.3 is 0 Å². The lowest BCUT2D eigenvalue weighted by Gasteiger charge is -1.95. The van der Waals surface area contributed by atoms with Crippen molar-refractivity contribution in [1.29, 1.82) is 0 Å². The Bertz CT molecular complexity index is 559. The first-order valence-corrected chi connectivity index (χ1v) is 5.19. The fourth-order valence-electron chi connectivity index (χ4n) is 1.43. The summed E-state index contributed by atoms with van der Waals surface area (Å²) in [6.45, 7) is 6.84. The second kappa shape index (κ2) is 5.09. The first-order chi connectivity index (χ1) is 8.28. The molecule has 0 heterocycles.